The molecule has 0 saturated carbocycles. The van der Waals surface area contributed by atoms with Gasteiger partial charge in [0, 0.05) is 23.5 Å². The summed E-state index contributed by atoms with van der Waals surface area (Å²) in [7, 11) is 2.11. The van der Waals surface area contributed by atoms with Crippen molar-refractivity contribution in [2.75, 3.05) is 20.1 Å². The van der Waals surface area contributed by atoms with Gasteiger partial charge in [0.15, 0.2) is 0 Å². The predicted octanol–water partition coefficient (Wildman–Crippen LogP) is 2.92. The quantitative estimate of drug-likeness (QED) is 0.896. The van der Waals surface area contributed by atoms with Gasteiger partial charge in [0.25, 0.3) is 5.91 Å². The van der Waals surface area contributed by atoms with Crippen LogP contribution in [0.25, 0.3) is 10.9 Å². The summed E-state index contributed by atoms with van der Waals surface area (Å²) in [6.45, 7) is 8.27. The van der Waals surface area contributed by atoms with Crippen molar-refractivity contribution in [3.05, 3.63) is 34.5 Å². The molecule has 0 radical (unpaired) electrons. The number of likely N-dealkylation sites (N-methyl/N-ethyl adjacent to an activating group) is 1. The lowest BCUT2D eigenvalue weighted by Gasteiger charge is -2.30. The number of hydrogen-bond donors (Lipinski definition) is 2. The second-order valence-electron chi connectivity index (χ2n) is 6.65. The van der Waals surface area contributed by atoms with Gasteiger partial charge in [-0.05, 0) is 63.9 Å². The molecule has 2 N–H and O–H groups in total. The minimum Gasteiger partial charge on any atom is -0.350 e. The number of fused-ring (bicyclic) bond motifs is 1. The maximum absolute atomic E-state index is 12.7. The van der Waals surface area contributed by atoms with Crippen LogP contribution in [0.5, 0.6) is 0 Å². The highest BCUT2D eigenvalue weighted by molar-refractivity contribution is 6.02. The number of aromatic amines is 1. The van der Waals surface area contributed by atoms with Gasteiger partial charge in [0.1, 0.15) is 5.69 Å². The van der Waals surface area contributed by atoms with Gasteiger partial charge in [0.2, 0.25) is 0 Å². The van der Waals surface area contributed by atoms with Crippen LogP contribution in [0.15, 0.2) is 12.1 Å². The molecule has 0 unspecified atom stereocenters. The Morgan fingerprint density at radius 3 is 2.68 bits per heavy atom. The van der Waals surface area contributed by atoms with Crippen LogP contribution in [0.2, 0.25) is 0 Å². The van der Waals surface area contributed by atoms with Crippen LogP contribution in [0, 0.1) is 20.8 Å². The van der Waals surface area contributed by atoms with Gasteiger partial charge in [-0.25, -0.2) is 0 Å². The van der Waals surface area contributed by atoms with Crippen molar-refractivity contribution in [1.82, 2.24) is 15.2 Å². The Labute approximate surface area is 131 Å². The Morgan fingerprint density at radius 1 is 1.27 bits per heavy atom. The first-order chi connectivity index (χ1) is 10.5. The smallest absolute Gasteiger partial charge is 0.268 e. The maximum atomic E-state index is 12.7. The molecule has 1 aliphatic rings. The first-order valence-corrected chi connectivity index (χ1v) is 8.05. The molecule has 1 aliphatic heterocycles. The zero-order valence-electron chi connectivity index (χ0n) is 13.9. The van der Waals surface area contributed by atoms with E-state index in [-0.39, 0.29) is 11.9 Å². The van der Waals surface area contributed by atoms with Crippen molar-refractivity contribution < 1.29 is 4.79 Å². The number of nitrogens with zero attached hydrogens (tertiary/aromatic N) is 1. The molecule has 118 valence electrons. The van der Waals surface area contributed by atoms with E-state index < -0.39 is 0 Å². The number of likely N-dealkylation sites (tertiary alicyclic amines) is 1. The van der Waals surface area contributed by atoms with E-state index in [1.54, 1.807) is 0 Å². The standard InChI is InChI=1S/C18H25N3O/c1-11-7-8-12(2)16-15(11)13(3)17(20-16)18(22)19-14-6-5-9-21(4)10-14/h7-8,14,20H,5-6,9-10H2,1-4H3,(H,19,22)/t14-/m1/s1. The molecular formula is C18H25N3O. The third-order valence-electron chi connectivity index (χ3n) is 4.81. The molecule has 1 aromatic heterocycles. The van der Waals surface area contributed by atoms with Crippen LogP contribution < -0.4 is 5.32 Å². The number of aromatic nitrogens is 1. The Kier molecular flexibility index (Phi) is 3.96. The molecule has 0 aliphatic carbocycles. The number of aryl methyl sites for hydroxylation is 3. The van der Waals surface area contributed by atoms with Crippen molar-refractivity contribution in [3.8, 4) is 0 Å². The summed E-state index contributed by atoms with van der Waals surface area (Å²) in [6, 6.07) is 4.47. The number of carbonyl (C=O) groups is 1. The molecule has 1 fully saturated rings. The SMILES string of the molecule is Cc1ccc(C)c2c(C)c(C(=O)N[C@@H]3CCCN(C)C3)[nH]c12. The molecule has 0 bridgehead atoms. The summed E-state index contributed by atoms with van der Waals surface area (Å²) in [4.78, 5) is 18.3. The zero-order valence-corrected chi connectivity index (χ0v) is 13.9. The fraction of sp³-hybridized carbons (Fsp3) is 0.500. The van der Waals surface area contributed by atoms with Crippen LogP contribution >= 0.6 is 0 Å². The molecule has 1 saturated heterocycles. The van der Waals surface area contributed by atoms with Crippen LogP contribution in [0.4, 0.5) is 0 Å². The van der Waals surface area contributed by atoms with E-state index in [0.29, 0.717) is 5.69 Å². The number of amides is 1. The number of H-pyrrole nitrogens is 1. The largest absolute Gasteiger partial charge is 0.350 e. The first kappa shape index (κ1) is 15.1. The topological polar surface area (TPSA) is 48.1 Å². The second-order valence-corrected chi connectivity index (χ2v) is 6.65. The number of piperidine rings is 1. The van der Waals surface area contributed by atoms with E-state index in [1.807, 2.05) is 6.92 Å². The van der Waals surface area contributed by atoms with Gasteiger partial charge in [-0.1, -0.05) is 12.1 Å². The Balaban J connectivity index is 1.90. The molecule has 1 aromatic carbocycles. The first-order valence-electron chi connectivity index (χ1n) is 8.05. The lowest BCUT2D eigenvalue weighted by molar-refractivity contribution is 0.0907. The monoisotopic (exact) mass is 299 g/mol. The average molecular weight is 299 g/mol. The number of carbonyl (C=O) groups excluding carboxylic acids is 1. The zero-order chi connectivity index (χ0) is 15.9. The normalized spacial score (nSPS) is 19.5. The van der Waals surface area contributed by atoms with E-state index >= 15 is 0 Å². The summed E-state index contributed by atoms with van der Waals surface area (Å²) in [5, 5.41) is 4.38. The highest BCUT2D eigenvalue weighted by Crippen LogP contribution is 2.27. The van der Waals surface area contributed by atoms with Crippen LogP contribution in [0.3, 0.4) is 0 Å². The molecule has 0 spiro atoms. The lowest BCUT2D eigenvalue weighted by atomic mass is 10.0. The fourth-order valence-corrected chi connectivity index (χ4v) is 3.57. The van der Waals surface area contributed by atoms with Gasteiger partial charge >= 0.3 is 0 Å². The third kappa shape index (κ3) is 2.63. The van der Waals surface area contributed by atoms with E-state index in [0.717, 1.165) is 37.0 Å². The van der Waals surface area contributed by atoms with Crippen LogP contribution in [-0.2, 0) is 0 Å². The minimum absolute atomic E-state index is 0.0211. The summed E-state index contributed by atoms with van der Waals surface area (Å²) in [5.41, 5.74) is 5.24. The van der Waals surface area contributed by atoms with Crippen molar-refractivity contribution in [2.24, 2.45) is 0 Å². The maximum Gasteiger partial charge on any atom is 0.268 e. The Morgan fingerprint density at radius 2 is 2.00 bits per heavy atom. The number of hydrogen-bond acceptors (Lipinski definition) is 2. The molecule has 1 amide bonds. The average Bonchev–Trinajstić information content (AvgIpc) is 2.82. The van der Waals surface area contributed by atoms with Crippen LogP contribution in [0.1, 0.15) is 40.0 Å². The number of rotatable bonds is 2. The predicted molar refractivity (Wildman–Crippen MR) is 90.5 cm³/mol. The molecule has 4 nitrogen and oxygen atoms in total. The number of benzene rings is 1. The minimum atomic E-state index is 0.0211. The van der Waals surface area contributed by atoms with Crippen LogP contribution in [-0.4, -0.2) is 42.0 Å². The van der Waals surface area contributed by atoms with Gasteiger partial charge in [0.05, 0.1) is 0 Å². The third-order valence-corrected chi connectivity index (χ3v) is 4.81. The van der Waals surface area contributed by atoms with Crippen molar-refractivity contribution in [3.63, 3.8) is 0 Å². The van der Waals surface area contributed by atoms with E-state index in [9.17, 15) is 4.79 Å². The van der Waals surface area contributed by atoms with E-state index in [2.05, 4.69) is 48.2 Å². The van der Waals surface area contributed by atoms with Gasteiger partial charge in [-0.3, -0.25) is 4.79 Å². The molecule has 1 atom stereocenters. The molecule has 4 heteroatoms. The Bertz CT molecular complexity index is 717. The fourth-order valence-electron chi connectivity index (χ4n) is 3.57. The molecule has 2 aromatic rings. The summed E-state index contributed by atoms with van der Waals surface area (Å²) < 4.78 is 0. The van der Waals surface area contributed by atoms with Gasteiger partial charge < -0.3 is 15.2 Å². The molecule has 3 rings (SSSR count). The van der Waals surface area contributed by atoms with Gasteiger partial charge in [-0.2, -0.15) is 0 Å². The Hall–Kier alpha value is -1.81. The summed E-state index contributed by atoms with van der Waals surface area (Å²) in [5.74, 6) is 0.0211. The second kappa shape index (κ2) is 5.76. The van der Waals surface area contributed by atoms with Crippen molar-refractivity contribution >= 4 is 16.8 Å². The summed E-state index contributed by atoms with van der Waals surface area (Å²) >= 11 is 0. The van der Waals surface area contributed by atoms with Gasteiger partial charge in [-0.15, -0.1) is 0 Å². The number of nitrogens with one attached hydrogen (secondary N) is 2. The molecule has 2 heterocycles. The lowest BCUT2D eigenvalue weighted by Crippen LogP contribution is -2.46. The van der Waals surface area contributed by atoms with E-state index in [4.69, 9.17) is 0 Å². The highest BCUT2D eigenvalue weighted by atomic mass is 16.2. The van der Waals surface area contributed by atoms with E-state index in [1.165, 1.54) is 16.5 Å². The molecule has 22 heavy (non-hydrogen) atoms. The van der Waals surface area contributed by atoms with Crippen molar-refractivity contribution in [1.29, 1.82) is 0 Å². The summed E-state index contributed by atoms with van der Waals surface area (Å²) in [6.07, 6.45) is 2.21. The highest BCUT2D eigenvalue weighted by Gasteiger charge is 2.22. The van der Waals surface area contributed by atoms with Crippen molar-refractivity contribution in [2.45, 2.75) is 39.7 Å². The molecular weight excluding hydrogens is 274 g/mol.